The second kappa shape index (κ2) is 3.59. The Bertz CT molecular complexity index is 405. The largest absolute Gasteiger partial charge is 0.324 e. The second-order valence-electron chi connectivity index (χ2n) is 4.52. The molecule has 0 fully saturated rings. The Hall–Kier alpha value is -0.900. The lowest BCUT2D eigenvalue weighted by atomic mass is 9.80. The van der Waals surface area contributed by atoms with E-state index in [1.807, 2.05) is 19.9 Å². The predicted molar refractivity (Wildman–Crippen MR) is 63.7 cm³/mol. The fraction of sp³-hybridized carbons (Fsp3) is 0.455. The van der Waals surface area contributed by atoms with Gasteiger partial charge in [-0.25, -0.2) is 4.99 Å². The van der Waals surface area contributed by atoms with Crippen molar-refractivity contribution in [1.82, 2.24) is 5.32 Å². The highest BCUT2D eigenvalue weighted by molar-refractivity contribution is 9.11. The third kappa shape index (κ3) is 2.04. The Morgan fingerprint density at radius 1 is 1.53 bits per heavy atom. The summed E-state index contributed by atoms with van der Waals surface area (Å²) in [6, 6.07) is 0. The van der Waals surface area contributed by atoms with Crippen LogP contribution in [0.25, 0.3) is 0 Å². The summed E-state index contributed by atoms with van der Waals surface area (Å²) in [4.78, 5) is 15.9. The fourth-order valence-electron chi connectivity index (χ4n) is 1.78. The number of rotatable bonds is 0. The van der Waals surface area contributed by atoms with Gasteiger partial charge in [-0.2, -0.15) is 0 Å². The minimum atomic E-state index is -0.308. The average molecular weight is 269 g/mol. The molecule has 15 heavy (non-hydrogen) atoms. The van der Waals surface area contributed by atoms with Crippen molar-refractivity contribution in [2.75, 3.05) is 0 Å². The molecule has 0 atom stereocenters. The van der Waals surface area contributed by atoms with Crippen LogP contribution in [-0.2, 0) is 4.79 Å². The van der Waals surface area contributed by atoms with Crippen molar-refractivity contribution in [3.8, 4) is 0 Å². The van der Waals surface area contributed by atoms with Gasteiger partial charge in [0.1, 0.15) is 4.61 Å². The summed E-state index contributed by atoms with van der Waals surface area (Å²) in [6.07, 6.45) is 5.39. The van der Waals surface area contributed by atoms with Crippen molar-refractivity contribution in [1.29, 1.82) is 0 Å². The standard InChI is InChI=1S/C11H13BrN2O/c1-11(2)5-7-3-4-9(12)13-6-8(7)14-10(11)15/h4,6H,3,5H2,1-2H3,(H,14,15). The number of hydrogen-bond donors (Lipinski definition) is 1. The molecule has 0 saturated heterocycles. The normalized spacial score (nSPS) is 24.2. The summed E-state index contributed by atoms with van der Waals surface area (Å²) in [5.41, 5.74) is 1.81. The van der Waals surface area contributed by atoms with Crippen molar-refractivity contribution in [2.24, 2.45) is 10.4 Å². The number of halogens is 1. The number of nitrogens with zero attached hydrogens (tertiary/aromatic N) is 1. The summed E-state index contributed by atoms with van der Waals surface area (Å²) < 4.78 is 0.823. The van der Waals surface area contributed by atoms with Crippen LogP contribution in [-0.4, -0.2) is 12.1 Å². The molecule has 0 aromatic heterocycles. The van der Waals surface area contributed by atoms with Gasteiger partial charge in [-0.15, -0.1) is 0 Å². The first-order valence-electron chi connectivity index (χ1n) is 4.92. The highest BCUT2D eigenvalue weighted by Gasteiger charge is 2.34. The molecule has 0 spiro atoms. The van der Waals surface area contributed by atoms with Crippen LogP contribution in [0.5, 0.6) is 0 Å². The van der Waals surface area contributed by atoms with Crippen molar-refractivity contribution in [2.45, 2.75) is 26.7 Å². The van der Waals surface area contributed by atoms with Gasteiger partial charge < -0.3 is 5.32 Å². The molecule has 1 N–H and O–H groups in total. The van der Waals surface area contributed by atoms with Crippen LogP contribution >= 0.6 is 15.9 Å². The van der Waals surface area contributed by atoms with Gasteiger partial charge in [-0.1, -0.05) is 13.8 Å². The molecule has 0 aromatic rings. The van der Waals surface area contributed by atoms with E-state index in [-0.39, 0.29) is 11.3 Å². The zero-order valence-electron chi connectivity index (χ0n) is 8.80. The first-order chi connectivity index (χ1) is 6.99. The molecule has 0 aliphatic carbocycles. The van der Waals surface area contributed by atoms with E-state index in [1.165, 1.54) is 5.57 Å². The number of amides is 1. The van der Waals surface area contributed by atoms with Gasteiger partial charge in [0.05, 0.1) is 11.9 Å². The molecule has 0 aromatic carbocycles. The van der Waals surface area contributed by atoms with Crippen LogP contribution < -0.4 is 5.32 Å². The Balaban J connectivity index is 2.34. The average Bonchev–Trinajstić information content (AvgIpc) is 2.31. The number of nitrogens with one attached hydrogen (secondary N) is 1. The van der Waals surface area contributed by atoms with Crippen LogP contribution in [0, 0.1) is 5.41 Å². The minimum Gasteiger partial charge on any atom is -0.324 e. The summed E-state index contributed by atoms with van der Waals surface area (Å²) in [7, 11) is 0. The van der Waals surface area contributed by atoms with Gasteiger partial charge in [0.25, 0.3) is 0 Å². The summed E-state index contributed by atoms with van der Waals surface area (Å²) in [5, 5.41) is 2.91. The third-order valence-corrected chi connectivity index (χ3v) is 3.26. The third-order valence-electron chi connectivity index (χ3n) is 2.73. The van der Waals surface area contributed by atoms with E-state index in [1.54, 1.807) is 6.21 Å². The van der Waals surface area contributed by atoms with Crippen molar-refractivity contribution >= 4 is 28.1 Å². The van der Waals surface area contributed by atoms with Gasteiger partial charge in [0.15, 0.2) is 0 Å². The maximum Gasteiger partial charge on any atom is 0.230 e. The quantitative estimate of drug-likeness (QED) is 0.674. The van der Waals surface area contributed by atoms with Gasteiger partial charge >= 0.3 is 0 Å². The summed E-state index contributed by atoms with van der Waals surface area (Å²) in [6.45, 7) is 3.93. The highest BCUT2D eigenvalue weighted by Crippen LogP contribution is 2.33. The number of hydrogen-bond acceptors (Lipinski definition) is 2. The van der Waals surface area contributed by atoms with E-state index in [9.17, 15) is 4.79 Å². The second-order valence-corrected chi connectivity index (χ2v) is 5.33. The van der Waals surface area contributed by atoms with Gasteiger partial charge in [-0.05, 0) is 40.4 Å². The Morgan fingerprint density at radius 3 is 3.00 bits per heavy atom. The Kier molecular flexibility index (Phi) is 2.54. The lowest BCUT2D eigenvalue weighted by Crippen LogP contribution is -2.41. The van der Waals surface area contributed by atoms with Crippen LogP contribution in [0.3, 0.4) is 0 Å². The molecule has 3 nitrogen and oxygen atoms in total. The Morgan fingerprint density at radius 2 is 2.27 bits per heavy atom. The number of allylic oxidation sites excluding steroid dienone is 3. The Labute approximate surface area is 97.5 Å². The fourth-order valence-corrected chi connectivity index (χ4v) is 2.05. The molecule has 0 bridgehead atoms. The van der Waals surface area contributed by atoms with E-state index in [4.69, 9.17) is 0 Å². The zero-order chi connectivity index (χ0) is 11.1. The van der Waals surface area contributed by atoms with E-state index in [2.05, 4.69) is 26.2 Å². The predicted octanol–water partition coefficient (Wildman–Crippen LogP) is 2.50. The molecule has 2 rings (SSSR count). The van der Waals surface area contributed by atoms with Crippen LogP contribution in [0.4, 0.5) is 0 Å². The zero-order valence-corrected chi connectivity index (χ0v) is 10.4. The maximum absolute atomic E-state index is 11.7. The molecule has 2 aliphatic heterocycles. The minimum absolute atomic E-state index is 0.0747. The van der Waals surface area contributed by atoms with E-state index >= 15 is 0 Å². The van der Waals surface area contributed by atoms with Crippen LogP contribution in [0.15, 0.2) is 26.9 Å². The van der Waals surface area contributed by atoms with Crippen LogP contribution in [0.2, 0.25) is 0 Å². The summed E-state index contributed by atoms with van der Waals surface area (Å²) >= 11 is 3.34. The van der Waals surface area contributed by atoms with E-state index in [0.29, 0.717) is 0 Å². The molecule has 2 aliphatic rings. The molecule has 1 amide bonds. The van der Waals surface area contributed by atoms with E-state index < -0.39 is 0 Å². The lowest BCUT2D eigenvalue weighted by molar-refractivity contribution is -0.129. The lowest BCUT2D eigenvalue weighted by Gasteiger charge is -2.30. The topological polar surface area (TPSA) is 41.5 Å². The first-order valence-corrected chi connectivity index (χ1v) is 5.71. The molecule has 0 unspecified atom stereocenters. The smallest absolute Gasteiger partial charge is 0.230 e. The highest BCUT2D eigenvalue weighted by atomic mass is 79.9. The molecule has 80 valence electrons. The number of carbonyl (C=O) groups is 1. The van der Waals surface area contributed by atoms with Gasteiger partial charge in [-0.3, -0.25) is 4.79 Å². The molecular formula is C11H13BrN2O. The monoisotopic (exact) mass is 268 g/mol. The first kappa shape index (κ1) is 10.6. The molecule has 4 heteroatoms. The number of carbonyl (C=O) groups excluding carboxylic acids is 1. The van der Waals surface area contributed by atoms with Crippen molar-refractivity contribution < 1.29 is 4.79 Å². The van der Waals surface area contributed by atoms with Crippen molar-refractivity contribution in [3.63, 3.8) is 0 Å². The van der Waals surface area contributed by atoms with Crippen LogP contribution in [0.1, 0.15) is 26.7 Å². The maximum atomic E-state index is 11.7. The molecular weight excluding hydrogens is 256 g/mol. The SMILES string of the molecule is CC1(C)CC2=C(C=NC(Br)=CC2)NC1=O. The molecule has 0 radical (unpaired) electrons. The van der Waals surface area contributed by atoms with E-state index in [0.717, 1.165) is 23.1 Å². The molecule has 2 heterocycles. The van der Waals surface area contributed by atoms with Crippen molar-refractivity contribution in [3.05, 3.63) is 22.0 Å². The van der Waals surface area contributed by atoms with Gasteiger partial charge in [0, 0.05) is 5.41 Å². The molecule has 0 saturated carbocycles. The number of aliphatic imine (C=N–C) groups is 1. The van der Waals surface area contributed by atoms with Gasteiger partial charge in [0.2, 0.25) is 5.91 Å². The summed E-state index contributed by atoms with van der Waals surface area (Å²) in [5.74, 6) is 0.0747.